The lowest BCUT2D eigenvalue weighted by molar-refractivity contribution is 0.254. The van der Waals surface area contributed by atoms with Crippen molar-refractivity contribution in [3.8, 4) is 0 Å². The van der Waals surface area contributed by atoms with E-state index in [0.29, 0.717) is 6.10 Å². The van der Waals surface area contributed by atoms with Crippen LogP contribution in [0.2, 0.25) is 0 Å². The van der Waals surface area contributed by atoms with Crippen molar-refractivity contribution >= 4 is 12.2 Å². The van der Waals surface area contributed by atoms with Gasteiger partial charge in [-0.15, -0.1) is 0 Å². The van der Waals surface area contributed by atoms with Crippen molar-refractivity contribution in [2.75, 3.05) is 6.54 Å². The van der Waals surface area contributed by atoms with Crippen LogP contribution in [0.25, 0.3) is 0 Å². The molecule has 2 rings (SSSR count). The molecule has 1 aliphatic rings. The second-order valence-corrected chi connectivity index (χ2v) is 4.87. The molecule has 0 spiro atoms. The van der Waals surface area contributed by atoms with Gasteiger partial charge in [-0.25, -0.2) is 4.31 Å². The molecule has 1 heterocycles. The van der Waals surface area contributed by atoms with Gasteiger partial charge in [-0.1, -0.05) is 36.8 Å². The van der Waals surface area contributed by atoms with Crippen molar-refractivity contribution in [1.82, 2.24) is 4.31 Å². The molecule has 1 unspecified atom stereocenters. The number of hydrogen-bond acceptors (Lipinski definition) is 3. The predicted molar refractivity (Wildman–Crippen MR) is 64.3 cm³/mol. The maximum atomic E-state index is 5.55. The Kier molecular flexibility index (Phi) is 3.67. The lowest BCUT2D eigenvalue weighted by Crippen LogP contribution is -2.17. The van der Waals surface area contributed by atoms with Crippen LogP contribution in [0.15, 0.2) is 24.3 Å². The first-order chi connectivity index (χ1) is 7.28. The average Bonchev–Trinajstić information content (AvgIpc) is 2.69. The van der Waals surface area contributed by atoms with Gasteiger partial charge >= 0.3 is 0 Å². The molecule has 1 aromatic rings. The zero-order valence-electron chi connectivity index (χ0n) is 9.27. The van der Waals surface area contributed by atoms with Gasteiger partial charge in [-0.05, 0) is 18.9 Å². The first kappa shape index (κ1) is 11.0. The van der Waals surface area contributed by atoms with E-state index in [1.807, 2.05) is 0 Å². The van der Waals surface area contributed by atoms with Crippen LogP contribution in [0.1, 0.15) is 24.5 Å². The van der Waals surface area contributed by atoms with Gasteiger partial charge < -0.3 is 0 Å². The quantitative estimate of drug-likeness (QED) is 0.577. The van der Waals surface area contributed by atoms with Crippen LogP contribution in [0.4, 0.5) is 0 Å². The van der Waals surface area contributed by atoms with Crippen LogP contribution < -0.4 is 0 Å². The molecule has 82 valence electrons. The second kappa shape index (κ2) is 5.01. The van der Waals surface area contributed by atoms with Crippen molar-refractivity contribution in [3.05, 3.63) is 35.4 Å². The van der Waals surface area contributed by atoms with Crippen molar-refractivity contribution < 1.29 is 4.18 Å². The third-order valence-corrected chi connectivity index (χ3v) is 3.47. The fraction of sp³-hybridized carbons (Fsp3) is 0.500. The molecule has 0 saturated carbocycles. The highest BCUT2D eigenvalue weighted by Crippen LogP contribution is 2.27. The smallest absolute Gasteiger partial charge is 0.0871 e. The fourth-order valence-electron chi connectivity index (χ4n) is 1.59. The summed E-state index contributed by atoms with van der Waals surface area (Å²) < 4.78 is 7.83. The Morgan fingerprint density at radius 1 is 1.40 bits per heavy atom. The topological polar surface area (TPSA) is 12.5 Å². The summed E-state index contributed by atoms with van der Waals surface area (Å²) in [5.41, 5.74) is 2.67. The maximum absolute atomic E-state index is 5.55. The number of rotatable bonds is 3. The minimum Gasteiger partial charge on any atom is -0.296 e. The molecule has 0 aromatic heterocycles. The molecule has 2 nitrogen and oxygen atoms in total. The standard InChI is InChI=1S/C12H17NOS/c1-3-12-9-13(15-14-12)8-11-6-4-10(2)5-7-11/h4-7,12H,3,8-9H2,1-2H3. The summed E-state index contributed by atoms with van der Waals surface area (Å²) in [5.74, 6) is 0. The third kappa shape index (κ3) is 2.97. The van der Waals surface area contributed by atoms with E-state index in [9.17, 15) is 0 Å². The molecule has 15 heavy (non-hydrogen) atoms. The van der Waals surface area contributed by atoms with Crippen molar-refractivity contribution in [2.24, 2.45) is 0 Å². The summed E-state index contributed by atoms with van der Waals surface area (Å²) in [7, 11) is 0. The van der Waals surface area contributed by atoms with Crippen LogP contribution >= 0.6 is 12.2 Å². The van der Waals surface area contributed by atoms with Crippen molar-refractivity contribution in [3.63, 3.8) is 0 Å². The minimum atomic E-state index is 0.403. The number of aryl methyl sites for hydroxylation is 1. The summed E-state index contributed by atoms with van der Waals surface area (Å²) in [6, 6.07) is 8.70. The highest BCUT2D eigenvalue weighted by Gasteiger charge is 2.22. The van der Waals surface area contributed by atoms with E-state index in [4.69, 9.17) is 4.18 Å². The summed E-state index contributed by atoms with van der Waals surface area (Å²) in [6.07, 6.45) is 1.50. The van der Waals surface area contributed by atoms with Gasteiger partial charge in [0.05, 0.1) is 18.3 Å². The van der Waals surface area contributed by atoms with Crippen LogP contribution in [0.3, 0.4) is 0 Å². The Morgan fingerprint density at radius 2 is 2.13 bits per heavy atom. The fourth-order valence-corrected chi connectivity index (χ4v) is 2.46. The second-order valence-electron chi connectivity index (χ2n) is 4.01. The molecular formula is C12H17NOS. The van der Waals surface area contributed by atoms with Crippen LogP contribution in [-0.2, 0) is 10.7 Å². The largest absolute Gasteiger partial charge is 0.296 e. The van der Waals surface area contributed by atoms with E-state index in [0.717, 1.165) is 19.5 Å². The van der Waals surface area contributed by atoms with Gasteiger partial charge in [0.2, 0.25) is 0 Å². The third-order valence-electron chi connectivity index (χ3n) is 2.63. The molecule has 0 amide bonds. The highest BCUT2D eigenvalue weighted by atomic mass is 32.2. The lowest BCUT2D eigenvalue weighted by atomic mass is 10.1. The molecule has 0 aliphatic carbocycles. The molecule has 1 aromatic carbocycles. The van der Waals surface area contributed by atoms with E-state index in [2.05, 4.69) is 42.4 Å². The van der Waals surface area contributed by atoms with Gasteiger partial charge in [0.25, 0.3) is 0 Å². The zero-order chi connectivity index (χ0) is 10.7. The number of hydrogen-bond donors (Lipinski definition) is 0. The normalized spacial score (nSPS) is 22.1. The Balaban J connectivity index is 1.90. The SMILES string of the molecule is CCC1CN(Cc2ccc(C)cc2)SO1. The monoisotopic (exact) mass is 223 g/mol. The van der Waals surface area contributed by atoms with Gasteiger partial charge in [0, 0.05) is 13.1 Å². The zero-order valence-corrected chi connectivity index (χ0v) is 10.1. The lowest BCUT2D eigenvalue weighted by Gasteiger charge is -2.11. The van der Waals surface area contributed by atoms with E-state index < -0.39 is 0 Å². The first-order valence-corrected chi connectivity index (χ1v) is 6.11. The number of nitrogens with zero attached hydrogens (tertiary/aromatic N) is 1. The van der Waals surface area contributed by atoms with Gasteiger partial charge in [0.15, 0.2) is 0 Å². The Hall–Kier alpha value is -0.510. The first-order valence-electron chi connectivity index (χ1n) is 5.42. The van der Waals surface area contributed by atoms with E-state index in [1.165, 1.54) is 23.4 Å². The summed E-state index contributed by atoms with van der Waals surface area (Å²) in [6.45, 7) is 6.29. The molecule has 0 bridgehead atoms. The molecule has 0 radical (unpaired) electrons. The number of benzene rings is 1. The molecule has 3 heteroatoms. The Morgan fingerprint density at radius 3 is 2.73 bits per heavy atom. The maximum Gasteiger partial charge on any atom is 0.0871 e. The van der Waals surface area contributed by atoms with E-state index in [-0.39, 0.29) is 0 Å². The van der Waals surface area contributed by atoms with Crippen LogP contribution in [-0.4, -0.2) is 17.0 Å². The van der Waals surface area contributed by atoms with E-state index >= 15 is 0 Å². The van der Waals surface area contributed by atoms with Gasteiger partial charge in [-0.3, -0.25) is 4.18 Å². The minimum absolute atomic E-state index is 0.403. The highest BCUT2D eigenvalue weighted by molar-refractivity contribution is 7.92. The molecule has 1 aliphatic heterocycles. The summed E-state index contributed by atoms with van der Waals surface area (Å²) in [5, 5.41) is 0. The van der Waals surface area contributed by atoms with Crippen molar-refractivity contribution in [1.29, 1.82) is 0 Å². The van der Waals surface area contributed by atoms with Gasteiger partial charge in [0.1, 0.15) is 0 Å². The Bertz CT molecular complexity index is 312. The van der Waals surface area contributed by atoms with Crippen LogP contribution in [0.5, 0.6) is 0 Å². The predicted octanol–water partition coefficient (Wildman–Crippen LogP) is 3.17. The summed E-state index contributed by atoms with van der Waals surface area (Å²) >= 11 is 1.51. The summed E-state index contributed by atoms with van der Waals surface area (Å²) in [4.78, 5) is 0. The van der Waals surface area contributed by atoms with Crippen LogP contribution in [0, 0.1) is 6.92 Å². The van der Waals surface area contributed by atoms with Gasteiger partial charge in [-0.2, -0.15) is 0 Å². The average molecular weight is 223 g/mol. The molecule has 0 N–H and O–H groups in total. The van der Waals surface area contributed by atoms with E-state index in [1.54, 1.807) is 0 Å². The molecule has 1 fully saturated rings. The Labute approximate surface area is 96.0 Å². The molecule has 1 saturated heterocycles. The molecule has 1 atom stereocenters. The molecular weight excluding hydrogens is 206 g/mol. The van der Waals surface area contributed by atoms with Crippen molar-refractivity contribution in [2.45, 2.75) is 32.9 Å².